The van der Waals surface area contributed by atoms with Gasteiger partial charge in [-0.05, 0) is 68.7 Å². The molecule has 0 aliphatic heterocycles. The van der Waals surface area contributed by atoms with Gasteiger partial charge in [0.1, 0.15) is 11.2 Å². The van der Waals surface area contributed by atoms with E-state index in [-0.39, 0.29) is 0 Å². The molecular formula is C51H30N4O. The Morgan fingerprint density at radius 1 is 0.339 bits per heavy atom. The normalized spacial score (nSPS) is 11.9. The van der Waals surface area contributed by atoms with Crippen molar-refractivity contribution in [3.63, 3.8) is 0 Å². The zero-order chi connectivity index (χ0) is 36.7. The third-order valence-corrected chi connectivity index (χ3v) is 11.2. The number of hydrogen-bond donors (Lipinski definition) is 0. The predicted molar refractivity (Wildman–Crippen MR) is 230 cm³/mol. The van der Waals surface area contributed by atoms with Gasteiger partial charge >= 0.3 is 0 Å². The molecule has 0 spiro atoms. The van der Waals surface area contributed by atoms with Crippen LogP contribution in [0.25, 0.3) is 116 Å². The van der Waals surface area contributed by atoms with Crippen molar-refractivity contribution in [1.29, 1.82) is 0 Å². The van der Waals surface area contributed by atoms with E-state index < -0.39 is 0 Å². The van der Waals surface area contributed by atoms with Crippen LogP contribution in [-0.2, 0) is 0 Å². The molecule has 3 aromatic heterocycles. The van der Waals surface area contributed by atoms with E-state index in [0.29, 0.717) is 17.5 Å². The van der Waals surface area contributed by atoms with Gasteiger partial charge in [0.15, 0.2) is 17.5 Å². The first-order valence-electron chi connectivity index (χ1n) is 18.9. The molecule has 0 bridgehead atoms. The van der Waals surface area contributed by atoms with Crippen molar-refractivity contribution in [2.75, 3.05) is 0 Å². The van der Waals surface area contributed by atoms with Crippen molar-refractivity contribution in [3.8, 4) is 39.9 Å². The van der Waals surface area contributed by atoms with Gasteiger partial charge in [-0.15, -0.1) is 0 Å². The molecule has 0 atom stereocenters. The number of nitrogens with zero attached hydrogens (tertiary/aromatic N) is 4. The van der Waals surface area contributed by atoms with Gasteiger partial charge < -0.3 is 8.98 Å². The summed E-state index contributed by atoms with van der Waals surface area (Å²) >= 11 is 0. The molecule has 0 unspecified atom stereocenters. The lowest BCUT2D eigenvalue weighted by atomic mass is 9.94. The minimum atomic E-state index is 0.597. The van der Waals surface area contributed by atoms with E-state index in [1.807, 2.05) is 72.8 Å². The Morgan fingerprint density at radius 2 is 0.893 bits per heavy atom. The predicted octanol–water partition coefficient (Wildman–Crippen LogP) is 13.3. The van der Waals surface area contributed by atoms with Crippen molar-refractivity contribution in [1.82, 2.24) is 19.5 Å². The lowest BCUT2D eigenvalue weighted by Crippen LogP contribution is -2.00. The molecule has 12 aromatic rings. The molecule has 0 saturated carbocycles. The number of benzene rings is 9. The van der Waals surface area contributed by atoms with Gasteiger partial charge in [-0.3, -0.25) is 0 Å². The standard InChI is InChI=1S/C51H30N4O/c1-3-14-31(15-4-1)49-52-50(32-16-5-2-6-17-32)54-51(53-49)40-23-13-25-46-48(40)43-29-45-42(30-47(43)56-46)39-22-11-12-24-44(39)55(45)33-26-27-38-36-20-8-7-18-34(36)35-19-9-10-21-37(35)41(38)28-33/h1-30H. The van der Waals surface area contributed by atoms with E-state index in [2.05, 4.69) is 114 Å². The van der Waals surface area contributed by atoms with E-state index in [9.17, 15) is 0 Å². The minimum absolute atomic E-state index is 0.597. The first-order valence-corrected chi connectivity index (χ1v) is 18.9. The zero-order valence-corrected chi connectivity index (χ0v) is 30.0. The Labute approximate surface area is 320 Å². The largest absolute Gasteiger partial charge is 0.456 e. The van der Waals surface area contributed by atoms with Crippen LogP contribution >= 0.6 is 0 Å². The van der Waals surface area contributed by atoms with Crippen molar-refractivity contribution in [3.05, 3.63) is 182 Å². The first kappa shape index (κ1) is 30.8. The van der Waals surface area contributed by atoms with Gasteiger partial charge in [-0.25, -0.2) is 15.0 Å². The van der Waals surface area contributed by atoms with Gasteiger partial charge in [0, 0.05) is 43.9 Å². The Kier molecular flexibility index (Phi) is 6.56. The molecule has 12 rings (SSSR count). The van der Waals surface area contributed by atoms with Crippen LogP contribution in [0, 0.1) is 0 Å². The second-order valence-electron chi connectivity index (χ2n) is 14.4. The lowest BCUT2D eigenvalue weighted by Gasteiger charge is -2.14. The summed E-state index contributed by atoms with van der Waals surface area (Å²) in [4.78, 5) is 15.2. The molecular weight excluding hydrogens is 685 g/mol. The zero-order valence-electron chi connectivity index (χ0n) is 30.0. The van der Waals surface area contributed by atoms with E-state index in [1.165, 1.54) is 37.7 Å². The average Bonchev–Trinajstić information content (AvgIpc) is 3.80. The van der Waals surface area contributed by atoms with E-state index in [4.69, 9.17) is 19.4 Å². The fraction of sp³-hybridized carbons (Fsp3) is 0. The highest BCUT2D eigenvalue weighted by molar-refractivity contribution is 6.26. The molecule has 56 heavy (non-hydrogen) atoms. The third kappa shape index (κ3) is 4.58. The Hall–Kier alpha value is -7.63. The number of fused-ring (bicyclic) bond motifs is 12. The summed E-state index contributed by atoms with van der Waals surface area (Å²) in [7, 11) is 0. The van der Waals surface area contributed by atoms with Crippen LogP contribution < -0.4 is 0 Å². The maximum atomic E-state index is 6.68. The topological polar surface area (TPSA) is 56.7 Å². The molecule has 0 radical (unpaired) electrons. The molecule has 5 heteroatoms. The van der Waals surface area contributed by atoms with E-state index >= 15 is 0 Å². The van der Waals surface area contributed by atoms with Crippen molar-refractivity contribution in [2.45, 2.75) is 0 Å². The first-order chi connectivity index (χ1) is 27.8. The fourth-order valence-corrected chi connectivity index (χ4v) is 8.72. The molecule has 5 nitrogen and oxygen atoms in total. The summed E-state index contributed by atoms with van der Waals surface area (Å²) in [5, 5.41) is 11.8. The van der Waals surface area contributed by atoms with Crippen LogP contribution in [0.3, 0.4) is 0 Å². The maximum absolute atomic E-state index is 6.68. The van der Waals surface area contributed by atoms with Gasteiger partial charge in [-0.1, -0.05) is 146 Å². The molecule has 0 amide bonds. The van der Waals surface area contributed by atoms with Gasteiger partial charge in [-0.2, -0.15) is 0 Å². The SMILES string of the molecule is c1ccc(-c2nc(-c3ccccc3)nc(-c3cccc4oc5cc6c7ccccc7n(-c7ccc8c9ccccc9c9ccccc9c8c7)c6cc5c34)n2)cc1. The number of aromatic nitrogens is 4. The molecule has 0 fully saturated rings. The summed E-state index contributed by atoms with van der Waals surface area (Å²) in [6.07, 6.45) is 0. The number of rotatable bonds is 4. The lowest BCUT2D eigenvalue weighted by molar-refractivity contribution is 0.669. The van der Waals surface area contributed by atoms with Crippen LogP contribution in [0.2, 0.25) is 0 Å². The molecule has 3 heterocycles. The smallest absolute Gasteiger partial charge is 0.164 e. The minimum Gasteiger partial charge on any atom is -0.456 e. The van der Waals surface area contributed by atoms with Crippen LogP contribution in [0.15, 0.2) is 186 Å². The van der Waals surface area contributed by atoms with Crippen LogP contribution in [0.1, 0.15) is 0 Å². The monoisotopic (exact) mass is 714 g/mol. The van der Waals surface area contributed by atoms with Crippen molar-refractivity contribution in [2.24, 2.45) is 0 Å². The highest BCUT2D eigenvalue weighted by Crippen LogP contribution is 2.43. The number of para-hydroxylation sites is 1. The molecule has 0 saturated heterocycles. The third-order valence-electron chi connectivity index (χ3n) is 11.2. The summed E-state index contributed by atoms with van der Waals surface area (Å²) in [5.41, 5.74) is 7.71. The Bertz CT molecular complexity index is 3440. The van der Waals surface area contributed by atoms with Gasteiger partial charge in [0.2, 0.25) is 0 Å². The molecule has 0 aliphatic carbocycles. The number of hydrogen-bond acceptors (Lipinski definition) is 4. The summed E-state index contributed by atoms with van der Waals surface area (Å²) < 4.78 is 9.08. The van der Waals surface area contributed by atoms with Crippen LogP contribution in [0.5, 0.6) is 0 Å². The summed E-state index contributed by atoms with van der Waals surface area (Å²) in [5.74, 6) is 1.84. The molecule has 260 valence electrons. The maximum Gasteiger partial charge on any atom is 0.164 e. The molecule has 9 aromatic carbocycles. The highest BCUT2D eigenvalue weighted by atomic mass is 16.3. The van der Waals surface area contributed by atoms with Gasteiger partial charge in [0.05, 0.1) is 11.0 Å². The van der Waals surface area contributed by atoms with Gasteiger partial charge in [0.25, 0.3) is 0 Å². The van der Waals surface area contributed by atoms with E-state index in [1.54, 1.807) is 0 Å². The second kappa shape index (κ2) is 11.9. The summed E-state index contributed by atoms with van der Waals surface area (Å²) in [6.45, 7) is 0. The molecule has 0 N–H and O–H groups in total. The van der Waals surface area contributed by atoms with Crippen LogP contribution in [0.4, 0.5) is 0 Å². The van der Waals surface area contributed by atoms with E-state index in [0.717, 1.165) is 60.7 Å². The van der Waals surface area contributed by atoms with Crippen LogP contribution in [-0.4, -0.2) is 19.5 Å². The quantitative estimate of drug-likeness (QED) is 0.170. The average molecular weight is 715 g/mol. The second-order valence-corrected chi connectivity index (χ2v) is 14.4. The summed E-state index contributed by atoms with van der Waals surface area (Å²) in [6, 6.07) is 63.9. The Balaban J connectivity index is 1.14. The molecule has 0 aliphatic rings. The fourth-order valence-electron chi connectivity index (χ4n) is 8.72. The van der Waals surface area contributed by atoms with Crippen molar-refractivity contribution >= 4 is 76.1 Å². The highest BCUT2D eigenvalue weighted by Gasteiger charge is 2.21. The van der Waals surface area contributed by atoms with Crippen molar-refractivity contribution < 1.29 is 4.42 Å². The number of furan rings is 1. The Morgan fingerprint density at radius 3 is 1.55 bits per heavy atom.